The number of fused-ring (bicyclic) bond motifs is 1. The normalized spacial score (nSPS) is 23.2. The Morgan fingerprint density at radius 1 is 1.40 bits per heavy atom. The molecule has 0 saturated carbocycles. The van der Waals surface area contributed by atoms with E-state index in [0.717, 1.165) is 29.6 Å². The Hall–Kier alpha value is -2.64. The molecule has 1 N–H and O–H groups in total. The van der Waals surface area contributed by atoms with E-state index in [2.05, 4.69) is 15.4 Å². The third-order valence-electron chi connectivity index (χ3n) is 5.02. The highest BCUT2D eigenvalue weighted by atomic mass is 16.6. The fourth-order valence-electron chi connectivity index (χ4n) is 3.91. The van der Waals surface area contributed by atoms with Crippen LogP contribution in [0.1, 0.15) is 34.6 Å². The van der Waals surface area contributed by atoms with Crippen LogP contribution in [-0.2, 0) is 11.8 Å². The molecule has 2 amide bonds. The monoisotopic (exact) mass is 343 g/mol. The number of rotatable bonds is 1. The van der Waals surface area contributed by atoms with Crippen molar-refractivity contribution >= 4 is 23.0 Å². The summed E-state index contributed by atoms with van der Waals surface area (Å²) in [4.78, 5) is 31.0. The number of nitrogens with zero attached hydrogens (tertiary/aromatic N) is 4. The van der Waals surface area contributed by atoms with Crippen LogP contribution in [0.4, 0.5) is 4.79 Å². The van der Waals surface area contributed by atoms with Gasteiger partial charge in [0.15, 0.2) is 5.65 Å². The minimum absolute atomic E-state index is 0.0615. The van der Waals surface area contributed by atoms with Crippen molar-refractivity contribution in [2.75, 3.05) is 19.6 Å². The predicted octanol–water partition coefficient (Wildman–Crippen LogP) is 1.30. The summed E-state index contributed by atoms with van der Waals surface area (Å²) in [5.74, 6) is -0.0615. The van der Waals surface area contributed by atoms with Gasteiger partial charge in [-0.1, -0.05) is 0 Å². The van der Waals surface area contributed by atoms with E-state index >= 15 is 0 Å². The van der Waals surface area contributed by atoms with E-state index in [1.807, 2.05) is 27.0 Å². The highest BCUT2D eigenvalue weighted by Crippen LogP contribution is 2.30. The Labute approximate surface area is 145 Å². The number of amides is 2. The largest absolute Gasteiger partial charge is 0.439 e. The molecule has 4 heterocycles. The van der Waals surface area contributed by atoms with Crippen LogP contribution in [0.5, 0.6) is 0 Å². The Kier molecular flexibility index (Phi) is 3.45. The van der Waals surface area contributed by atoms with Crippen LogP contribution < -0.4 is 5.32 Å². The van der Waals surface area contributed by atoms with Crippen molar-refractivity contribution in [3.8, 4) is 0 Å². The van der Waals surface area contributed by atoms with E-state index in [1.165, 1.54) is 0 Å². The molecule has 2 aromatic heterocycles. The lowest BCUT2D eigenvalue weighted by atomic mass is 9.92. The molecule has 8 nitrogen and oxygen atoms in total. The lowest BCUT2D eigenvalue weighted by molar-refractivity contribution is -0.00497. The zero-order chi connectivity index (χ0) is 17.8. The van der Waals surface area contributed by atoms with Gasteiger partial charge < -0.3 is 15.0 Å². The van der Waals surface area contributed by atoms with Gasteiger partial charge in [0.05, 0.1) is 29.7 Å². The van der Waals surface area contributed by atoms with Crippen LogP contribution in [0.15, 0.2) is 6.07 Å². The van der Waals surface area contributed by atoms with Gasteiger partial charge in [0, 0.05) is 19.3 Å². The van der Waals surface area contributed by atoms with Crippen LogP contribution in [-0.4, -0.2) is 56.9 Å². The van der Waals surface area contributed by atoms with E-state index in [-0.39, 0.29) is 5.91 Å². The molecule has 1 atom stereocenters. The fourth-order valence-corrected chi connectivity index (χ4v) is 3.91. The third kappa shape index (κ3) is 2.52. The van der Waals surface area contributed by atoms with Crippen LogP contribution >= 0.6 is 0 Å². The third-order valence-corrected chi connectivity index (χ3v) is 5.02. The van der Waals surface area contributed by atoms with Gasteiger partial charge in [-0.05, 0) is 32.8 Å². The van der Waals surface area contributed by atoms with Crippen molar-refractivity contribution < 1.29 is 14.3 Å². The molecular formula is C17H21N5O3. The lowest BCUT2D eigenvalue weighted by Crippen LogP contribution is -2.52. The topological polar surface area (TPSA) is 89.4 Å². The number of carbonyl (C=O) groups excluding carboxylic acids is 2. The van der Waals surface area contributed by atoms with Crippen LogP contribution in [0.2, 0.25) is 0 Å². The van der Waals surface area contributed by atoms with Gasteiger partial charge in [-0.15, -0.1) is 0 Å². The molecule has 0 radical (unpaired) electrons. The van der Waals surface area contributed by atoms with Crippen LogP contribution in [0, 0.1) is 13.8 Å². The van der Waals surface area contributed by atoms with E-state index in [9.17, 15) is 9.59 Å². The van der Waals surface area contributed by atoms with Gasteiger partial charge >= 0.3 is 6.09 Å². The Morgan fingerprint density at radius 2 is 2.20 bits per heavy atom. The summed E-state index contributed by atoms with van der Waals surface area (Å²) in [6, 6.07) is 1.82. The molecule has 0 aromatic carbocycles. The second kappa shape index (κ2) is 5.44. The maximum absolute atomic E-state index is 13.2. The number of aryl methyl sites for hydroxylation is 3. The minimum Gasteiger partial charge on any atom is -0.439 e. The number of carbonyl (C=O) groups is 2. The molecule has 132 valence electrons. The molecule has 0 aliphatic carbocycles. The van der Waals surface area contributed by atoms with E-state index in [1.54, 1.807) is 9.58 Å². The number of likely N-dealkylation sites (tertiary alicyclic amines) is 1. The Morgan fingerprint density at radius 3 is 2.92 bits per heavy atom. The molecule has 2 aliphatic heterocycles. The molecule has 2 aromatic rings. The van der Waals surface area contributed by atoms with Gasteiger partial charge in [-0.25, -0.2) is 9.78 Å². The average molecular weight is 343 g/mol. The minimum atomic E-state index is -0.601. The lowest BCUT2D eigenvalue weighted by Gasteiger charge is -2.38. The standard InChI is InChI=1S/C17H21N5O3/c1-10-7-12(13-11(2)20-21(3)14(13)19-10)15(23)22-6-4-5-17(9-22)8-18-16(24)25-17/h7H,4-6,8-9H2,1-3H3,(H,18,24)/t17-/m1/s1. The summed E-state index contributed by atoms with van der Waals surface area (Å²) in [5.41, 5.74) is 2.29. The molecule has 2 fully saturated rings. The van der Waals surface area contributed by atoms with Crippen molar-refractivity contribution in [2.24, 2.45) is 7.05 Å². The number of piperidine rings is 1. The van der Waals surface area contributed by atoms with Crippen molar-refractivity contribution in [3.63, 3.8) is 0 Å². The number of alkyl carbamates (subject to hydrolysis) is 1. The number of pyridine rings is 1. The fraction of sp³-hybridized carbons (Fsp3) is 0.529. The van der Waals surface area contributed by atoms with Crippen LogP contribution in [0.3, 0.4) is 0 Å². The summed E-state index contributed by atoms with van der Waals surface area (Å²) in [5, 5.41) is 7.90. The number of hydrogen-bond acceptors (Lipinski definition) is 5. The summed E-state index contributed by atoms with van der Waals surface area (Å²) in [7, 11) is 1.83. The van der Waals surface area contributed by atoms with Crippen molar-refractivity contribution in [1.29, 1.82) is 0 Å². The van der Waals surface area contributed by atoms with E-state index < -0.39 is 11.7 Å². The first-order chi connectivity index (χ1) is 11.9. The zero-order valence-corrected chi connectivity index (χ0v) is 14.6. The van der Waals surface area contributed by atoms with E-state index in [4.69, 9.17) is 4.74 Å². The molecule has 8 heteroatoms. The van der Waals surface area contributed by atoms with Gasteiger partial charge in [0.1, 0.15) is 5.60 Å². The molecule has 1 spiro atoms. The Bertz CT molecular complexity index is 890. The predicted molar refractivity (Wildman–Crippen MR) is 90.3 cm³/mol. The summed E-state index contributed by atoms with van der Waals surface area (Å²) in [6.07, 6.45) is 1.17. The molecular weight excluding hydrogens is 322 g/mol. The van der Waals surface area contributed by atoms with Crippen molar-refractivity contribution in [3.05, 3.63) is 23.0 Å². The Balaban J connectivity index is 1.71. The molecule has 2 saturated heterocycles. The SMILES string of the molecule is Cc1cc(C(=O)N2CCC[C@@]3(CNC(=O)O3)C2)c2c(C)nn(C)c2n1. The quantitative estimate of drug-likeness (QED) is 0.843. The first kappa shape index (κ1) is 15.9. The van der Waals surface area contributed by atoms with Gasteiger partial charge in [0.25, 0.3) is 5.91 Å². The molecule has 0 bridgehead atoms. The maximum Gasteiger partial charge on any atom is 0.407 e. The van der Waals surface area contributed by atoms with Crippen LogP contribution in [0.25, 0.3) is 11.0 Å². The summed E-state index contributed by atoms with van der Waals surface area (Å²) in [6.45, 7) is 5.27. The summed E-state index contributed by atoms with van der Waals surface area (Å²) < 4.78 is 7.18. The second-order valence-corrected chi connectivity index (χ2v) is 6.98. The van der Waals surface area contributed by atoms with Crippen molar-refractivity contribution in [2.45, 2.75) is 32.3 Å². The number of hydrogen-bond donors (Lipinski definition) is 1. The highest BCUT2D eigenvalue weighted by molar-refractivity contribution is 6.06. The molecule has 4 rings (SSSR count). The highest BCUT2D eigenvalue weighted by Gasteiger charge is 2.45. The molecule has 0 unspecified atom stereocenters. The second-order valence-electron chi connectivity index (χ2n) is 6.98. The molecule has 2 aliphatic rings. The molecule has 25 heavy (non-hydrogen) atoms. The summed E-state index contributed by atoms with van der Waals surface area (Å²) >= 11 is 0. The van der Waals surface area contributed by atoms with Gasteiger partial charge in [0.2, 0.25) is 0 Å². The first-order valence-electron chi connectivity index (χ1n) is 8.46. The van der Waals surface area contributed by atoms with Gasteiger partial charge in [-0.3, -0.25) is 9.48 Å². The maximum atomic E-state index is 13.2. The smallest absolute Gasteiger partial charge is 0.407 e. The number of ether oxygens (including phenoxy) is 1. The van der Waals surface area contributed by atoms with Gasteiger partial charge in [-0.2, -0.15) is 5.10 Å². The average Bonchev–Trinajstić information content (AvgIpc) is 3.06. The van der Waals surface area contributed by atoms with Crippen molar-refractivity contribution in [1.82, 2.24) is 25.0 Å². The van der Waals surface area contributed by atoms with E-state index in [0.29, 0.717) is 30.8 Å². The zero-order valence-electron chi connectivity index (χ0n) is 14.6. The first-order valence-corrected chi connectivity index (χ1v) is 8.46. The number of nitrogens with one attached hydrogen (secondary N) is 1. The number of aromatic nitrogens is 3.